The number of benzene rings is 3. The molecule has 5 rings (SSSR count). The number of furan rings is 1. The highest BCUT2D eigenvalue weighted by Crippen LogP contribution is 2.43. The minimum absolute atomic E-state index is 0.0476. The fourth-order valence-electron chi connectivity index (χ4n) is 4.48. The van der Waals surface area contributed by atoms with Gasteiger partial charge < -0.3 is 14.3 Å². The largest absolute Gasteiger partial charge is 0.507 e. The molecule has 198 valence electrons. The molecule has 3 aromatic carbocycles. The molecule has 0 aliphatic carbocycles. The Kier molecular flexibility index (Phi) is 6.74. The fraction of sp³-hybridized carbons (Fsp3) is 0.133. The molecule has 0 saturated carbocycles. The number of halogens is 3. The van der Waals surface area contributed by atoms with Crippen molar-refractivity contribution in [2.24, 2.45) is 0 Å². The summed E-state index contributed by atoms with van der Waals surface area (Å²) in [5.74, 6) is -1.70. The predicted octanol–water partition coefficient (Wildman–Crippen LogP) is 6.81. The van der Waals surface area contributed by atoms with Crippen LogP contribution in [-0.2, 0) is 22.4 Å². The molecule has 1 aliphatic rings. The molecule has 1 fully saturated rings. The van der Waals surface area contributed by atoms with Crippen molar-refractivity contribution in [3.63, 3.8) is 0 Å². The quantitative estimate of drug-likeness (QED) is 0.167. The van der Waals surface area contributed by atoms with Gasteiger partial charge in [-0.1, -0.05) is 30.3 Å². The van der Waals surface area contributed by atoms with Crippen LogP contribution in [0.2, 0.25) is 0 Å². The maximum atomic E-state index is 13.2. The van der Waals surface area contributed by atoms with Gasteiger partial charge in [-0.25, -0.2) is 0 Å². The summed E-state index contributed by atoms with van der Waals surface area (Å²) in [7, 11) is 0. The minimum Gasteiger partial charge on any atom is -0.507 e. The average molecular weight is 534 g/mol. The number of Topliss-reactive ketones (excluding diaryl/α,β-unsaturated/α-hetero) is 1. The maximum Gasteiger partial charge on any atom is 0.416 e. The number of carbonyl (C=O) groups is 2. The summed E-state index contributed by atoms with van der Waals surface area (Å²) in [4.78, 5) is 27.3. The van der Waals surface area contributed by atoms with Gasteiger partial charge >= 0.3 is 6.18 Å². The third-order valence-electron chi connectivity index (χ3n) is 6.42. The molecule has 1 saturated heterocycles. The molecule has 4 aromatic rings. The van der Waals surface area contributed by atoms with Gasteiger partial charge in [0.25, 0.3) is 11.7 Å². The summed E-state index contributed by atoms with van der Waals surface area (Å²) in [5.41, 5.74) is 0.828. The second-order valence-corrected chi connectivity index (χ2v) is 8.98. The number of anilines is 1. The van der Waals surface area contributed by atoms with Gasteiger partial charge in [0.2, 0.25) is 0 Å². The topological polar surface area (TPSA) is 80.0 Å². The molecule has 0 radical (unpaired) electrons. The van der Waals surface area contributed by atoms with Crippen LogP contribution in [0.15, 0.2) is 101 Å². The number of hydrogen-bond acceptors (Lipinski definition) is 5. The van der Waals surface area contributed by atoms with Gasteiger partial charge in [0.05, 0.1) is 17.4 Å². The Morgan fingerprint density at radius 1 is 0.974 bits per heavy atom. The van der Waals surface area contributed by atoms with Crippen LogP contribution < -0.4 is 9.64 Å². The van der Waals surface area contributed by atoms with Crippen LogP contribution in [0.5, 0.6) is 5.75 Å². The van der Waals surface area contributed by atoms with E-state index < -0.39 is 35.2 Å². The van der Waals surface area contributed by atoms with Crippen molar-refractivity contribution in [2.45, 2.75) is 25.7 Å². The zero-order valence-corrected chi connectivity index (χ0v) is 20.6. The van der Waals surface area contributed by atoms with E-state index in [1.54, 1.807) is 31.2 Å². The van der Waals surface area contributed by atoms with Gasteiger partial charge in [0, 0.05) is 11.3 Å². The monoisotopic (exact) mass is 533 g/mol. The van der Waals surface area contributed by atoms with Crippen molar-refractivity contribution in [2.75, 3.05) is 4.90 Å². The molecule has 9 heteroatoms. The second-order valence-electron chi connectivity index (χ2n) is 8.98. The lowest BCUT2D eigenvalue weighted by Gasteiger charge is -2.23. The molecular weight excluding hydrogens is 511 g/mol. The van der Waals surface area contributed by atoms with Crippen LogP contribution in [0.1, 0.15) is 34.1 Å². The van der Waals surface area contributed by atoms with Gasteiger partial charge in [-0.3, -0.25) is 14.5 Å². The Morgan fingerprint density at radius 2 is 1.69 bits per heavy atom. The second kappa shape index (κ2) is 10.2. The molecular formula is C30H22F3NO5. The van der Waals surface area contributed by atoms with Crippen molar-refractivity contribution in [1.29, 1.82) is 0 Å². The van der Waals surface area contributed by atoms with E-state index in [2.05, 4.69) is 0 Å². The minimum atomic E-state index is -4.57. The standard InChI is InChI=1S/C30H22F3NO5/c1-18-16-20(9-14-23(18)39-17-19-6-3-2-4-7-19)27(35)25-26(24-8-5-15-38-24)34(29(37)28(25)36)22-12-10-21(11-13-22)30(31,32)33/h2-16,26,35H,17H2,1H3/b27-25-. The Hall–Kier alpha value is -4.79. The Labute approximate surface area is 221 Å². The number of rotatable bonds is 6. The highest BCUT2D eigenvalue weighted by Gasteiger charge is 2.48. The highest BCUT2D eigenvalue weighted by atomic mass is 19.4. The molecule has 6 nitrogen and oxygen atoms in total. The fourth-order valence-corrected chi connectivity index (χ4v) is 4.48. The van der Waals surface area contributed by atoms with E-state index >= 15 is 0 Å². The number of hydrogen-bond donors (Lipinski definition) is 1. The summed E-state index contributed by atoms with van der Waals surface area (Å²) in [6, 6.07) is 20.2. The number of amides is 1. The molecule has 1 atom stereocenters. The molecule has 1 amide bonds. The van der Waals surface area contributed by atoms with Crippen molar-refractivity contribution in [3.8, 4) is 5.75 Å². The van der Waals surface area contributed by atoms with Gasteiger partial charge in [-0.05, 0) is 72.6 Å². The zero-order valence-electron chi connectivity index (χ0n) is 20.6. The van der Waals surface area contributed by atoms with Crippen LogP contribution in [0.4, 0.5) is 18.9 Å². The van der Waals surface area contributed by atoms with E-state index in [0.29, 0.717) is 17.9 Å². The Bertz CT molecular complexity index is 1540. The van der Waals surface area contributed by atoms with Gasteiger partial charge in [-0.2, -0.15) is 13.2 Å². The van der Waals surface area contributed by atoms with Gasteiger partial charge in [0.15, 0.2) is 0 Å². The van der Waals surface area contributed by atoms with Crippen molar-refractivity contribution in [3.05, 3.63) is 125 Å². The number of nitrogens with zero attached hydrogens (tertiary/aromatic N) is 1. The van der Waals surface area contributed by atoms with E-state index in [1.807, 2.05) is 30.3 Å². The van der Waals surface area contributed by atoms with E-state index in [1.165, 1.54) is 12.3 Å². The van der Waals surface area contributed by atoms with Crippen molar-refractivity contribution in [1.82, 2.24) is 0 Å². The lowest BCUT2D eigenvalue weighted by atomic mass is 9.98. The summed E-state index contributed by atoms with van der Waals surface area (Å²) < 4.78 is 50.6. The smallest absolute Gasteiger partial charge is 0.416 e. The number of aliphatic hydroxyl groups excluding tert-OH is 1. The third kappa shape index (κ3) is 5.03. The maximum absolute atomic E-state index is 13.2. The normalized spacial score (nSPS) is 17.0. The van der Waals surface area contributed by atoms with Crippen LogP contribution in [0, 0.1) is 6.92 Å². The molecule has 0 spiro atoms. The van der Waals surface area contributed by atoms with Crippen molar-refractivity contribution >= 4 is 23.1 Å². The predicted molar refractivity (Wildman–Crippen MR) is 137 cm³/mol. The summed E-state index contributed by atoms with van der Waals surface area (Å²) >= 11 is 0. The Balaban J connectivity index is 1.52. The van der Waals surface area contributed by atoms with Crippen LogP contribution in [0.25, 0.3) is 5.76 Å². The molecule has 0 bridgehead atoms. The van der Waals surface area contributed by atoms with Gasteiger partial charge in [-0.15, -0.1) is 0 Å². The Morgan fingerprint density at radius 3 is 2.31 bits per heavy atom. The first-order valence-electron chi connectivity index (χ1n) is 11.9. The molecule has 1 unspecified atom stereocenters. The first kappa shape index (κ1) is 25.8. The number of aryl methyl sites for hydroxylation is 1. The first-order chi connectivity index (χ1) is 18.6. The van der Waals surface area contributed by atoms with Crippen LogP contribution in [0.3, 0.4) is 0 Å². The first-order valence-corrected chi connectivity index (χ1v) is 11.9. The highest BCUT2D eigenvalue weighted by molar-refractivity contribution is 6.51. The molecule has 1 N–H and O–H groups in total. The van der Waals surface area contributed by atoms with Crippen LogP contribution in [-0.4, -0.2) is 16.8 Å². The van der Waals surface area contributed by atoms with E-state index in [-0.39, 0.29) is 22.6 Å². The molecule has 1 aromatic heterocycles. The third-order valence-corrected chi connectivity index (χ3v) is 6.42. The van der Waals surface area contributed by atoms with Crippen LogP contribution >= 0.6 is 0 Å². The summed E-state index contributed by atoms with van der Waals surface area (Å²) in [5, 5.41) is 11.3. The lowest BCUT2D eigenvalue weighted by Crippen LogP contribution is -2.29. The molecule has 39 heavy (non-hydrogen) atoms. The number of aliphatic hydroxyl groups is 1. The number of alkyl halides is 3. The van der Waals surface area contributed by atoms with E-state index in [4.69, 9.17) is 9.15 Å². The zero-order chi connectivity index (χ0) is 27.7. The van der Waals surface area contributed by atoms with Crippen molar-refractivity contribution < 1.29 is 37.0 Å². The summed E-state index contributed by atoms with van der Waals surface area (Å²) in [6.07, 6.45) is -3.23. The van der Waals surface area contributed by atoms with E-state index in [0.717, 1.165) is 34.7 Å². The number of ketones is 1. The summed E-state index contributed by atoms with van der Waals surface area (Å²) in [6.45, 7) is 2.12. The van der Waals surface area contributed by atoms with Gasteiger partial charge in [0.1, 0.15) is 29.9 Å². The lowest BCUT2D eigenvalue weighted by molar-refractivity contribution is -0.137. The number of ether oxygens (including phenoxy) is 1. The molecule has 1 aliphatic heterocycles. The SMILES string of the molecule is Cc1cc(/C(O)=C2/C(=O)C(=O)N(c3ccc(C(F)(F)F)cc3)C2c2ccco2)ccc1OCc1ccccc1. The molecule has 2 heterocycles. The average Bonchev–Trinajstić information content (AvgIpc) is 3.54. The number of carbonyl (C=O) groups excluding carboxylic acids is 2. The van der Waals surface area contributed by atoms with E-state index in [9.17, 15) is 27.9 Å².